The van der Waals surface area contributed by atoms with Gasteiger partial charge in [0.15, 0.2) is 0 Å². The molecule has 1 aromatic rings. The van der Waals surface area contributed by atoms with E-state index in [0.29, 0.717) is 24.1 Å². The Bertz CT molecular complexity index is 697. The van der Waals surface area contributed by atoms with Gasteiger partial charge in [-0.05, 0) is 37.8 Å². The Kier molecular flexibility index (Phi) is 6.48. The maximum absolute atomic E-state index is 12.7. The Morgan fingerprint density at radius 3 is 2.19 bits per heavy atom. The van der Waals surface area contributed by atoms with E-state index >= 15 is 0 Å². The zero-order valence-corrected chi connectivity index (χ0v) is 15.6. The van der Waals surface area contributed by atoms with Gasteiger partial charge < -0.3 is 15.7 Å². The minimum Gasteiger partial charge on any atom is -0.481 e. The molecule has 0 heterocycles. The lowest BCUT2D eigenvalue weighted by Crippen LogP contribution is -2.38. The fourth-order valence-corrected chi connectivity index (χ4v) is 4.27. The summed E-state index contributed by atoms with van der Waals surface area (Å²) in [6.45, 7) is 0. The number of nitrogens with one attached hydrogen (secondary N) is 2. The van der Waals surface area contributed by atoms with Crippen LogP contribution in [0.5, 0.6) is 0 Å². The number of hydrogen-bond donors (Lipinski definition) is 3. The maximum atomic E-state index is 12.7. The largest absolute Gasteiger partial charge is 0.481 e. The molecule has 0 aliphatic heterocycles. The lowest BCUT2D eigenvalue weighted by molar-refractivity contribution is -0.147. The normalized spacial score (nSPS) is 23.4. The van der Waals surface area contributed by atoms with Crippen molar-refractivity contribution in [1.29, 1.82) is 0 Å². The third-order valence-electron chi connectivity index (χ3n) is 5.79. The molecule has 0 bridgehead atoms. The molecule has 0 unspecified atom stereocenters. The Labute approximate surface area is 159 Å². The van der Waals surface area contributed by atoms with Gasteiger partial charge in [0.25, 0.3) is 5.91 Å². The van der Waals surface area contributed by atoms with Crippen LogP contribution in [0.2, 0.25) is 0 Å². The zero-order valence-electron chi connectivity index (χ0n) is 15.6. The predicted molar refractivity (Wildman–Crippen MR) is 102 cm³/mol. The molecule has 6 heteroatoms. The lowest BCUT2D eigenvalue weighted by Gasteiger charge is -2.28. The highest BCUT2D eigenvalue weighted by atomic mass is 16.4. The van der Waals surface area contributed by atoms with Crippen LogP contribution in [-0.2, 0) is 9.59 Å². The van der Waals surface area contributed by atoms with Crippen LogP contribution in [0.4, 0.5) is 5.69 Å². The van der Waals surface area contributed by atoms with Crippen molar-refractivity contribution in [3.63, 3.8) is 0 Å². The minimum absolute atomic E-state index is 0.184. The van der Waals surface area contributed by atoms with Gasteiger partial charge in [-0.3, -0.25) is 14.4 Å². The second-order valence-corrected chi connectivity index (χ2v) is 7.68. The molecule has 2 aliphatic carbocycles. The third kappa shape index (κ3) is 4.87. The first-order valence-electron chi connectivity index (χ1n) is 10.00. The summed E-state index contributed by atoms with van der Waals surface area (Å²) in [6.07, 6.45) is 8.23. The molecule has 0 aromatic heterocycles. The quantitative estimate of drug-likeness (QED) is 0.736. The molecular weight excluding hydrogens is 344 g/mol. The maximum Gasteiger partial charge on any atom is 0.307 e. The zero-order chi connectivity index (χ0) is 19.2. The topological polar surface area (TPSA) is 95.5 Å². The lowest BCUT2D eigenvalue weighted by atomic mass is 9.78. The van der Waals surface area contributed by atoms with Crippen LogP contribution < -0.4 is 10.6 Å². The van der Waals surface area contributed by atoms with Crippen molar-refractivity contribution in [2.45, 2.75) is 63.8 Å². The molecule has 2 atom stereocenters. The molecule has 1 aromatic carbocycles. The summed E-state index contributed by atoms with van der Waals surface area (Å²) >= 11 is 0. The number of carboxylic acids is 1. The van der Waals surface area contributed by atoms with Crippen LogP contribution >= 0.6 is 0 Å². The summed E-state index contributed by atoms with van der Waals surface area (Å²) in [5.41, 5.74) is 0.879. The smallest absolute Gasteiger partial charge is 0.307 e. The van der Waals surface area contributed by atoms with Crippen LogP contribution in [-0.4, -0.2) is 28.9 Å². The van der Waals surface area contributed by atoms with E-state index in [9.17, 15) is 19.5 Å². The van der Waals surface area contributed by atoms with Gasteiger partial charge in [0, 0.05) is 6.04 Å². The Hall–Kier alpha value is -2.37. The number of carbonyl (C=O) groups excluding carboxylic acids is 2. The monoisotopic (exact) mass is 372 g/mol. The van der Waals surface area contributed by atoms with Gasteiger partial charge in [-0.25, -0.2) is 0 Å². The van der Waals surface area contributed by atoms with Crippen LogP contribution in [0, 0.1) is 11.8 Å². The fraction of sp³-hybridized carbons (Fsp3) is 0.571. The molecule has 0 radical (unpaired) electrons. The van der Waals surface area contributed by atoms with Gasteiger partial charge in [0.05, 0.1) is 23.1 Å². The number of hydrogen-bond acceptors (Lipinski definition) is 3. The number of carbonyl (C=O) groups is 3. The number of para-hydroxylation sites is 1. The highest BCUT2D eigenvalue weighted by Crippen LogP contribution is 2.31. The van der Waals surface area contributed by atoms with E-state index in [-0.39, 0.29) is 17.9 Å². The van der Waals surface area contributed by atoms with Crippen molar-refractivity contribution in [3.05, 3.63) is 29.8 Å². The highest BCUT2D eigenvalue weighted by molar-refractivity contribution is 6.04. The molecule has 2 amide bonds. The van der Waals surface area contributed by atoms with Crippen LogP contribution in [0.15, 0.2) is 24.3 Å². The van der Waals surface area contributed by atoms with E-state index in [2.05, 4.69) is 10.6 Å². The third-order valence-corrected chi connectivity index (χ3v) is 5.79. The van der Waals surface area contributed by atoms with Gasteiger partial charge >= 0.3 is 5.97 Å². The van der Waals surface area contributed by atoms with Gasteiger partial charge in [0.1, 0.15) is 0 Å². The molecule has 2 aliphatic rings. The van der Waals surface area contributed by atoms with Gasteiger partial charge in [-0.2, -0.15) is 0 Å². The van der Waals surface area contributed by atoms with Crippen LogP contribution in [0.25, 0.3) is 0 Å². The van der Waals surface area contributed by atoms with Crippen molar-refractivity contribution in [1.82, 2.24) is 5.32 Å². The Balaban J connectivity index is 1.70. The van der Waals surface area contributed by atoms with Crippen molar-refractivity contribution in [3.8, 4) is 0 Å². The second kappa shape index (κ2) is 9.02. The number of benzene rings is 1. The fourth-order valence-electron chi connectivity index (χ4n) is 4.27. The second-order valence-electron chi connectivity index (χ2n) is 7.68. The van der Waals surface area contributed by atoms with E-state index < -0.39 is 17.8 Å². The van der Waals surface area contributed by atoms with Gasteiger partial charge in [-0.15, -0.1) is 0 Å². The summed E-state index contributed by atoms with van der Waals surface area (Å²) in [5, 5.41) is 15.3. The summed E-state index contributed by atoms with van der Waals surface area (Å²) < 4.78 is 0. The van der Waals surface area contributed by atoms with E-state index in [1.165, 1.54) is 6.42 Å². The highest BCUT2D eigenvalue weighted by Gasteiger charge is 2.36. The number of aliphatic carboxylic acids is 1. The number of rotatable bonds is 5. The molecule has 0 saturated heterocycles. The van der Waals surface area contributed by atoms with E-state index in [1.54, 1.807) is 24.3 Å². The van der Waals surface area contributed by atoms with Crippen molar-refractivity contribution in [2.24, 2.45) is 11.8 Å². The average molecular weight is 372 g/mol. The molecule has 146 valence electrons. The van der Waals surface area contributed by atoms with Crippen molar-refractivity contribution >= 4 is 23.5 Å². The molecule has 2 saturated carbocycles. The minimum atomic E-state index is -0.918. The first kappa shape index (κ1) is 19.4. The first-order valence-corrected chi connectivity index (χ1v) is 10.00. The van der Waals surface area contributed by atoms with Crippen LogP contribution in [0.1, 0.15) is 68.1 Å². The first-order chi connectivity index (χ1) is 13.1. The van der Waals surface area contributed by atoms with E-state index in [4.69, 9.17) is 0 Å². The number of anilines is 1. The van der Waals surface area contributed by atoms with E-state index in [1.807, 2.05) is 0 Å². The molecule has 27 heavy (non-hydrogen) atoms. The summed E-state index contributed by atoms with van der Waals surface area (Å²) in [5.74, 6) is -2.61. The SMILES string of the molecule is O=C(NC1CCCCC1)c1ccccc1NC(=O)[C@H]1CCCC[C@@H]1C(=O)O. The predicted octanol–water partition coefficient (Wildman–Crippen LogP) is 3.58. The summed E-state index contributed by atoms with van der Waals surface area (Å²) in [6, 6.07) is 7.12. The number of carboxylic acid groups (broad SMARTS) is 1. The molecule has 3 rings (SSSR count). The molecule has 3 N–H and O–H groups in total. The standard InChI is InChI=1S/C21H28N2O4/c24-19(15-10-4-5-11-16(15)21(26)27)23-18-13-7-6-12-17(18)20(25)22-14-8-2-1-3-9-14/h6-7,12-16H,1-5,8-11H2,(H,22,25)(H,23,24)(H,26,27)/t15-,16-/m0/s1. The number of amides is 2. The molecule has 2 fully saturated rings. The van der Waals surface area contributed by atoms with Crippen molar-refractivity contribution in [2.75, 3.05) is 5.32 Å². The summed E-state index contributed by atoms with van der Waals surface area (Å²) in [4.78, 5) is 36.9. The molecule has 0 spiro atoms. The van der Waals surface area contributed by atoms with E-state index in [0.717, 1.165) is 38.5 Å². The molecule has 6 nitrogen and oxygen atoms in total. The summed E-state index contributed by atoms with van der Waals surface area (Å²) in [7, 11) is 0. The Morgan fingerprint density at radius 2 is 1.48 bits per heavy atom. The van der Waals surface area contributed by atoms with Gasteiger partial charge in [-0.1, -0.05) is 44.2 Å². The average Bonchev–Trinajstić information content (AvgIpc) is 2.69. The van der Waals surface area contributed by atoms with Crippen molar-refractivity contribution < 1.29 is 19.5 Å². The Morgan fingerprint density at radius 1 is 0.852 bits per heavy atom. The van der Waals surface area contributed by atoms with Gasteiger partial charge in [0.2, 0.25) is 5.91 Å². The van der Waals surface area contributed by atoms with Crippen LogP contribution in [0.3, 0.4) is 0 Å². The molecular formula is C21H28N2O4.